The first-order valence-electron chi connectivity index (χ1n) is 9.78. The zero-order valence-corrected chi connectivity index (χ0v) is 15.4. The van der Waals surface area contributed by atoms with Crippen LogP contribution in [0.1, 0.15) is 49.7 Å². The Bertz CT molecular complexity index is 691. The molecule has 3 nitrogen and oxygen atoms in total. The molecule has 2 heterocycles. The van der Waals surface area contributed by atoms with Gasteiger partial charge >= 0.3 is 5.97 Å². The molecule has 2 fully saturated rings. The van der Waals surface area contributed by atoms with Gasteiger partial charge < -0.3 is 4.74 Å². The van der Waals surface area contributed by atoms with Crippen molar-refractivity contribution in [2.45, 2.75) is 56.7 Å². The number of hydrogen-bond donors (Lipinski definition) is 0. The van der Waals surface area contributed by atoms with Crippen molar-refractivity contribution < 1.29 is 9.53 Å². The van der Waals surface area contributed by atoms with Gasteiger partial charge in [0.15, 0.2) is 0 Å². The first-order valence-corrected chi connectivity index (χ1v) is 9.78. The Morgan fingerprint density at radius 1 is 0.962 bits per heavy atom. The van der Waals surface area contributed by atoms with E-state index in [4.69, 9.17) is 4.74 Å². The molecule has 2 aromatic carbocycles. The van der Waals surface area contributed by atoms with Crippen LogP contribution in [0.3, 0.4) is 0 Å². The molecule has 2 aliphatic rings. The molecule has 136 valence electrons. The van der Waals surface area contributed by atoms with Gasteiger partial charge in [-0.25, -0.2) is 0 Å². The van der Waals surface area contributed by atoms with Crippen LogP contribution in [0.4, 0.5) is 0 Å². The van der Waals surface area contributed by atoms with Crippen LogP contribution in [-0.2, 0) is 9.53 Å². The van der Waals surface area contributed by atoms with E-state index >= 15 is 0 Å². The smallest absolute Gasteiger partial charge is 0.317 e. The Balaban J connectivity index is 1.49. The molecule has 0 spiro atoms. The normalized spacial score (nSPS) is 25.4. The van der Waals surface area contributed by atoms with E-state index in [1.165, 1.54) is 19.3 Å². The average molecular weight is 349 g/mol. The number of rotatable bonds is 5. The van der Waals surface area contributed by atoms with Crippen molar-refractivity contribution in [3.63, 3.8) is 0 Å². The van der Waals surface area contributed by atoms with Gasteiger partial charge in [-0.15, -0.1) is 0 Å². The lowest BCUT2D eigenvalue weighted by molar-refractivity contribution is -0.146. The van der Waals surface area contributed by atoms with Gasteiger partial charge in [0.05, 0.1) is 0 Å². The molecule has 0 unspecified atom stereocenters. The van der Waals surface area contributed by atoms with Crippen LogP contribution in [0, 0.1) is 0 Å². The Morgan fingerprint density at radius 3 is 2.15 bits per heavy atom. The van der Waals surface area contributed by atoms with Crippen LogP contribution in [0.25, 0.3) is 0 Å². The molecular weight excluding hydrogens is 322 g/mol. The van der Waals surface area contributed by atoms with Gasteiger partial charge in [-0.05, 0) is 43.7 Å². The number of esters is 1. The fraction of sp³-hybridized carbons (Fsp3) is 0.435. The summed E-state index contributed by atoms with van der Waals surface area (Å²) in [4.78, 5) is 15.6. The molecular formula is C23H27NO2. The van der Waals surface area contributed by atoms with Crippen LogP contribution < -0.4 is 0 Å². The minimum atomic E-state index is -0.356. The first-order chi connectivity index (χ1) is 12.7. The third kappa shape index (κ3) is 3.41. The van der Waals surface area contributed by atoms with E-state index in [-0.39, 0.29) is 11.9 Å². The maximum absolute atomic E-state index is 13.0. The van der Waals surface area contributed by atoms with E-state index in [1.54, 1.807) is 0 Å². The summed E-state index contributed by atoms with van der Waals surface area (Å²) in [5.74, 6) is -0.497. The molecule has 2 aliphatic heterocycles. The predicted octanol–water partition coefficient (Wildman–Crippen LogP) is 4.38. The van der Waals surface area contributed by atoms with Gasteiger partial charge in [-0.2, -0.15) is 0 Å². The number of carbonyl (C=O) groups is 1. The zero-order chi connectivity index (χ0) is 17.9. The van der Waals surface area contributed by atoms with Crippen molar-refractivity contribution in [1.82, 2.24) is 4.90 Å². The first kappa shape index (κ1) is 17.3. The maximum Gasteiger partial charge on any atom is 0.317 e. The van der Waals surface area contributed by atoms with Crippen molar-refractivity contribution in [3.8, 4) is 0 Å². The van der Waals surface area contributed by atoms with Gasteiger partial charge in [0, 0.05) is 18.1 Å². The topological polar surface area (TPSA) is 29.5 Å². The van der Waals surface area contributed by atoms with Gasteiger partial charge in [-0.1, -0.05) is 60.7 Å². The fourth-order valence-electron chi connectivity index (χ4n) is 4.76. The monoisotopic (exact) mass is 349 g/mol. The summed E-state index contributed by atoms with van der Waals surface area (Å²) in [5, 5.41) is 0. The molecule has 0 radical (unpaired) electrons. The number of fused-ring (bicyclic) bond motifs is 1. The lowest BCUT2D eigenvalue weighted by Crippen LogP contribution is -2.40. The molecule has 2 saturated heterocycles. The molecule has 0 aliphatic carbocycles. The summed E-state index contributed by atoms with van der Waals surface area (Å²) in [6.45, 7) is 2.81. The maximum atomic E-state index is 13.0. The van der Waals surface area contributed by atoms with Gasteiger partial charge in [-0.3, -0.25) is 9.69 Å². The number of benzene rings is 2. The average Bonchev–Trinajstić information content (AvgIpc) is 3.25. The summed E-state index contributed by atoms with van der Waals surface area (Å²) in [7, 11) is 0. The Hall–Kier alpha value is -2.13. The number of ether oxygens (including phenoxy) is 1. The van der Waals surface area contributed by atoms with E-state index in [9.17, 15) is 4.79 Å². The van der Waals surface area contributed by atoms with Crippen LogP contribution in [0.15, 0.2) is 60.7 Å². The van der Waals surface area contributed by atoms with Crippen molar-refractivity contribution in [2.24, 2.45) is 0 Å². The SMILES string of the molecule is C[C@@H]1CC[C@@H]2CC[C@H](COC(=O)C(c3ccccc3)c3ccccc3)N21. The van der Waals surface area contributed by atoms with Crippen LogP contribution in [-0.4, -0.2) is 35.6 Å². The molecule has 4 rings (SSSR count). The highest BCUT2D eigenvalue weighted by Crippen LogP contribution is 2.37. The summed E-state index contributed by atoms with van der Waals surface area (Å²) < 4.78 is 5.87. The van der Waals surface area contributed by atoms with E-state index in [0.29, 0.717) is 24.7 Å². The van der Waals surface area contributed by atoms with Crippen LogP contribution in [0.2, 0.25) is 0 Å². The van der Waals surface area contributed by atoms with E-state index < -0.39 is 0 Å². The molecule has 0 amide bonds. The predicted molar refractivity (Wildman–Crippen MR) is 103 cm³/mol. The van der Waals surface area contributed by atoms with Gasteiger partial charge in [0.25, 0.3) is 0 Å². The van der Waals surface area contributed by atoms with Crippen molar-refractivity contribution in [3.05, 3.63) is 71.8 Å². The second-order valence-electron chi connectivity index (χ2n) is 7.64. The van der Waals surface area contributed by atoms with Crippen molar-refractivity contribution >= 4 is 5.97 Å². The minimum absolute atomic E-state index is 0.141. The molecule has 3 atom stereocenters. The van der Waals surface area contributed by atoms with E-state index in [1.807, 2.05) is 60.7 Å². The summed E-state index contributed by atoms with van der Waals surface area (Å²) in [5.41, 5.74) is 1.98. The standard InChI is InChI=1S/C23H27NO2/c1-17-12-13-20-14-15-21(24(17)20)16-26-23(25)22(18-8-4-2-5-9-18)19-10-6-3-7-11-19/h2-11,17,20-22H,12-16H2,1H3/t17-,20-,21-/m1/s1. The molecule has 0 aromatic heterocycles. The van der Waals surface area contributed by atoms with Crippen LogP contribution in [0.5, 0.6) is 0 Å². The Kier molecular flexibility index (Phi) is 5.07. The van der Waals surface area contributed by atoms with Gasteiger partial charge in [0.2, 0.25) is 0 Å². The highest BCUT2D eigenvalue weighted by molar-refractivity contribution is 5.82. The Labute approximate surface area is 156 Å². The lowest BCUT2D eigenvalue weighted by Gasteiger charge is -2.28. The summed E-state index contributed by atoms with van der Waals surface area (Å²) in [6.07, 6.45) is 4.95. The molecule has 3 heteroatoms. The minimum Gasteiger partial charge on any atom is -0.463 e. The third-order valence-corrected chi connectivity index (χ3v) is 6.02. The summed E-state index contributed by atoms with van der Waals surface area (Å²) >= 11 is 0. The number of nitrogens with zero attached hydrogens (tertiary/aromatic N) is 1. The van der Waals surface area contributed by atoms with Gasteiger partial charge in [0.1, 0.15) is 12.5 Å². The lowest BCUT2D eigenvalue weighted by atomic mass is 9.91. The second-order valence-corrected chi connectivity index (χ2v) is 7.64. The van der Waals surface area contributed by atoms with Crippen molar-refractivity contribution in [2.75, 3.05) is 6.61 Å². The second kappa shape index (κ2) is 7.63. The highest BCUT2D eigenvalue weighted by atomic mass is 16.5. The third-order valence-electron chi connectivity index (χ3n) is 6.02. The zero-order valence-electron chi connectivity index (χ0n) is 15.4. The molecule has 2 aromatic rings. The molecule has 26 heavy (non-hydrogen) atoms. The van der Waals surface area contributed by atoms with Crippen molar-refractivity contribution in [1.29, 1.82) is 0 Å². The number of carbonyl (C=O) groups excluding carboxylic acids is 1. The molecule has 0 bridgehead atoms. The molecule has 0 N–H and O–H groups in total. The quantitative estimate of drug-likeness (QED) is 0.751. The molecule has 0 saturated carbocycles. The Morgan fingerprint density at radius 2 is 1.54 bits per heavy atom. The van der Waals surface area contributed by atoms with E-state index in [2.05, 4.69) is 11.8 Å². The number of hydrogen-bond acceptors (Lipinski definition) is 3. The fourth-order valence-corrected chi connectivity index (χ4v) is 4.76. The summed E-state index contributed by atoms with van der Waals surface area (Å²) in [6, 6.07) is 21.6. The van der Waals surface area contributed by atoms with Crippen LogP contribution >= 0.6 is 0 Å². The largest absolute Gasteiger partial charge is 0.463 e. The highest BCUT2D eigenvalue weighted by Gasteiger charge is 2.41. The van der Waals surface area contributed by atoms with E-state index in [0.717, 1.165) is 17.5 Å².